The lowest BCUT2D eigenvalue weighted by Crippen LogP contribution is -2.44. The molecule has 1 aliphatic rings. The molecule has 0 aliphatic heterocycles. The summed E-state index contributed by atoms with van der Waals surface area (Å²) in [6.07, 6.45) is 3.52. The maximum Gasteiger partial charge on any atom is 0.161 e. The van der Waals surface area contributed by atoms with Gasteiger partial charge in [0.2, 0.25) is 0 Å². The van der Waals surface area contributed by atoms with E-state index >= 15 is 0 Å². The van der Waals surface area contributed by atoms with Gasteiger partial charge in [-0.3, -0.25) is 0 Å². The summed E-state index contributed by atoms with van der Waals surface area (Å²) in [6.45, 7) is 2.71. The van der Waals surface area contributed by atoms with Crippen LogP contribution < -0.4 is 9.47 Å². The number of benzene rings is 1. The van der Waals surface area contributed by atoms with Gasteiger partial charge in [-0.25, -0.2) is 0 Å². The van der Waals surface area contributed by atoms with E-state index < -0.39 is 0 Å². The van der Waals surface area contributed by atoms with Crippen molar-refractivity contribution in [3.63, 3.8) is 0 Å². The van der Waals surface area contributed by atoms with E-state index in [1.54, 1.807) is 7.11 Å². The lowest BCUT2D eigenvalue weighted by molar-refractivity contribution is 0.0120. The fourth-order valence-corrected chi connectivity index (χ4v) is 2.74. The Morgan fingerprint density at radius 1 is 1.25 bits per heavy atom. The van der Waals surface area contributed by atoms with E-state index in [1.807, 2.05) is 24.3 Å². The minimum Gasteiger partial charge on any atom is -0.493 e. The molecule has 112 valence electrons. The number of aliphatic hydroxyl groups excluding tert-OH is 1. The molecule has 20 heavy (non-hydrogen) atoms. The van der Waals surface area contributed by atoms with Crippen molar-refractivity contribution in [2.45, 2.75) is 19.3 Å². The fraction of sp³-hybridized carbons (Fsp3) is 0.625. The fourth-order valence-electron chi connectivity index (χ4n) is 2.74. The quantitative estimate of drug-likeness (QED) is 0.792. The largest absolute Gasteiger partial charge is 0.493 e. The Bertz CT molecular complexity index is 412. The Kier molecular flexibility index (Phi) is 5.26. The van der Waals surface area contributed by atoms with Gasteiger partial charge in [-0.15, -0.1) is 0 Å². The lowest BCUT2D eigenvalue weighted by atomic mass is 9.69. The molecule has 1 aromatic rings. The summed E-state index contributed by atoms with van der Waals surface area (Å²) in [5.41, 5.74) is 0.138. The van der Waals surface area contributed by atoms with Crippen LogP contribution in [0.25, 0.3) is 0 Å². The SMILES string of the molecule is COc1ccccc1OCCN(C)CC1(CO)CCC1. The van der Waals surface area contributed by atoms with Crippen molar-refractivity contribution in [1.29, 1.82) is 0 Å². The number of rotatable bonds is 8. The summed E-state index contributed by atoms with van der Waals surface area (Å²) in [5.74, 6) is 1.55. The zero-order valence-corrected chi connectivity index (χ0v) is 12.5. The molecule has 0 saturated heterocycles. The van der Waals surface area contributed by atoms with Gasteiger partial charge in [0.25, 0.3) is 0 Å². The van der Waals surface area contributed by atoms with Gasteiger partial charge in [0.05, 0.1) is 7.11 Å². The molecule has 1 aliphatic carbocycles. The van der Waals surface area contributed by atoms with Crippen LogP contribution in [0.2, 0.25) is 0 Å². The van der Waals surface area contributed by atoms with Crippen LogP contribution in [0.3, 0.4) is 0 Å². The number of methoxy groups -OCH3 is 1. The van der Waals surface area contributed by atoms with Crippen LogP contribution >= 0.6 is 0 Å². The zero-order chi connectivity index (χ0) is 14.4. The highest BCUT2D eigenvalue weighted by Crippen LogP contribution is 2.40. The second kappa shape index (κ2) is 6.95. The van der Waals surface area contributed by atoms with Crippen LogP contribution in [0.5, 0.6) is 11.5 Å². The number of nitrogens with zero attached hydrogens (tertiary/aromatic N) is 1. The van der Waals surface area contributed by atoms with Gasteiger partial charge >= 0.3 is 0 Å². The van der Waals surface area contributed by atoms with Crippen LogP contribution in [-0.4, -0.2) is 50.5 Å². The predicted octanol–water partition coefficient (Wildman–Crippen LogP) is 2.17. The van der Waals surface area contributed by atoms with Crippen molar-refractivity contribution >= 4 is 0 Å². The standard InChI is InChI=1S/C16H25NO3/c1-17(12-16(13-18)8-5-9-16)10-11-20-15-7-4-3-6-14(15)19-2/h3-4,6-7,18H,5,8-13H2,1-2H3. The number of hydrogen-bond donors (Lipinski definition) is 1. The first kappa shape index (κ1) is 15.1. The monoisotopic (exact) mass is 279 g/mol. The summed E-state index contributed by atoms with van der Waals surface area (Å²) in [7, 11) is 3.73. The number of ether oxygens (including phenoxy) is 2. The molecule has 0 aromatic heterocycles. The van der Waals surface area contributed by atoms with Crippen LogP contribution in [0.1, 0.15) is 19.3 Å². The molecule has 0 unspecified atom stereocenters. The molecule has 4 nitrogen and oxygen atoms in total. The van der Waals surface area contributed by atoms with Crippen LogP contribution in [0, 0.1) is 5.41 Å². The third-order valence-corrected chi connectivity index (χ3v) is 4.15. The van der Waals surface area contributed by atoms with E-state index in [4.69, 9.17) is 9.47 Å². The summed E-state index contributed by atoms with van der Waals surface area (Å²) in [5, 5.41) is 9.48. The van der Waals surface area contributed by atoms with Crippen LogP contribution in [0.15, 0.2) is 24.3 Å². The molecule has 0 radical (unpaired) electrons. The zero-order valence-electron chi connectivity index (χ0n) is 12.5. The summed E-state index contributed by atoms with van der Waals surface area (Å²) < 4.78 is 11.0. The molecule has 1 saturated carbocycles. The Morgan fingerprint density at radius 3 is 2.50 bits per heavy atom. The third kappa shape index (κ3) is 3.64. The minimum atomic E-state index is 0.138. The topological polar surface area (TPSA) is 41.9 Å². The summed E-state index contributed by atoms with van der Waals surface area (Å²) in [4.78, 5) is 2.24. The van der Waals surface area contributed by atoms with Crippen molar-refractivity contribution in [3.8, 4) is 11.5 Å². The molecular formula is C16H25NO3. The summed E-state index contributed by atoms with van der Waals surface area (Å²) >= 11 is 0. The maximum atomic E-state index is 9.48. The minimum absolute atomic E-state index is 0.138. The number of hydrogen-bond acceptors (Lipinski definition) is 4. The number of aliphatic hydroxyl groups is 1. The van der Waals surface area contributed by atoms with E-state index in [2.05, 4.69) is 11.9 Å². The molecular weight excluding hydrogens is 254 g/mol. The Morgan fingerprint density at radius 2 is 1.95 bits per heavy atom. The maximum absolute atomic E-state index is 9.48. The smallest absolute Gasteiger partial charge is 0.161 e. The second-order valence-corrected chi connectivity index (χ2v) is 5.75. The van der Waals surface area contributed by atoms with E-state index in [1.165, 1.54) is 6.42 Å². The molecule has 0 spiro atoms. The Hall–Kier alpha value is -1.26. The highest BCUT2D eigenvalue weighted by atomic mass is 16.5. The van der Waals surface area contributed by atoms with Crippen molar-refractivity contribution in [1.82, 2.24) is 4.90 Å². The first-order chi connectivity index (χ1) is 9.69. The number of para-hydroxylation sites is 2. The van der Waals surface area contributed by atoms with Crippen molar-refractivity contribution in [3.05, 3.63) is 24.3 Å². The van der Waals surface area contributed by atoms with Gasteiger partial charge in [-0.05, 0) is 32.0 Å². The number of likely N-dealkylation sites (N-methyl/N-ethyl adjacent to an activating group) is 1. The molecule has 4 heteroatoms. The lowest BCUT2D eigenvalue weighted by Gasteiger charge is -2.42. The average molecular weight is 279 g/mol. The van der Waals surface area contributed by atoms with E-state index in [9.17, 15) is 5.11 Å². The molecule has 2 rings (SSSR count). The van der Waals surface area contributed by atoms with Gasteiger partial charge in [0.1, 0.15) is 6.61 Å². The molecule has 0 heterocycles. The molecule has 0 amide bonds. The summed E-state index contributed by atoms with van der Waals surface area (Å²) in [6, 6.07) is 7.68. The highest BCUT2D eigenvalue weighted by Gasteiger charge is 2.36. The van der Waals surface area contributed by atoms with E-state index in [-0.39, 0.29) is 5.41 Å². The molecule has 0 atom stereocenters. The van der Waals surface area contributed by atoms with Gasteiger partial charge in [0.15, 0.2) is 11.5 Å². The van der Waals surface area contributed by atoms with Crippen molar-refractivity contribution < 1.29 is 14.6 Å². The van der Waals surface area contributed by atoms with Gasteiger partial charge < -0.3 is 19.5 Å². The van der Waals surface area contributed by atoms with E-state index in [0.717, 1.165) is 37.4 Å². The highest BCUT2D eigenvalue weighted by molar-refractivity contribution is 5.39. The van der Waals surface area contributed by atoms with Gasteiger partial charge in [-0.1, -0.05) is 18.6 Å². The Labute approximate surface area is 121 Å². The normalized spacial score (nSPS) is 16.8. The molecule has 1 N–H and O–H groups in total. The van der Waals surface area contributed by atoms with Gasteiger partial charge in [-0.2, -0.15) is 0 Å². The van der Waals surface area contributed by atoms with Crippen LogP contribution in [0.4, 0.5) is 0 Å². The molecule has 1 aromatic carbocycles. The van der Waals surface area contributed by atoms with Crippen LogP contribution in [-0.2, 0) is 0 Å². The van der Waals surface area contributed by atoms with E-state index in [0.29, 0.717) is 13.2 Å². The third-order valence-electron chi connectivity index (χ3n) is 4.15. The molecule has 0 bridgehead atoms. The van der Waals surface area contributed by atoms with Crippen molar-refractivity contribution in [2.24, 2.45) is 5.41 Å². The van der Waals surface area contributed by atoms with Gasteiger partial charge in [0, 0.05) is 25.1 Å². The molecule has 1 fully saturated rings. The van der Waals surface area contributed by atoms with Crippen molar-refractivity contribution in [2.75, 3.05) is 40.5 Å². The first-order valence-corrected chi connectivity index (χ1v) is 7.24. The Balaban J connectivity index is 1.75. The first-order valence-electron chi connectivity index (χ1n) is 7.24. The predicted molar refractivity (Wildman–Crippen MR) is 79.4 cm³/mol. The second-order valence-electron chi connectivity index (χ2n) is 5.75. The average Bonchev–Trinajstić information content (AvgIpc) is 2.43.